The van der Waals surface area contributed by atoms with Gasteiger partial charge in [-0.1, -0.05) is 0 Å². The smallest absolute Gasteiger partial charge is 0.255 e. The van der Waals surface area contributed by atoms with E-state index in [2.05, 4.69) is 5.32 Å². The minimum Gasteiger partial charge on any atom is -0.344 e. The largest absolute Gasteiger partial charge is 0.344 e. The summed E-state index contributed by atoms with van der Waals surface area (Å²) in [5.41, 5.74) is 0. The van der Waals surface area contributed by atoms with Gasteiger partial charge in [0, 0.05) is 6.42 Å². The molecular formula is C6H7N3O2. The fraction of sp³-hybridized carbons (Fsp3) is 0.500. The van der Waals surface area contributed by atoms with Gasteiger partial charge in [-0.2, -0.15) is 5.26 Å². The van der Waals surface area contributed by atoms with E-state index < -0.39 is 11.9 Å². The third-order valence-corrected chi connectivity index (χ3v) is 1.49. The van der Waals surface area contributed by atoms with Crippen molar-refractivity contribution in [2.45, 2.75) is 18.9 Å². The lowest BCUT2D eigenvalue weighted by atomic mass is 10.2. The first-order valence-corrected chi connectivity index (χ1v) is 3.22. The van der Waals surface area contributed by atoms with Crippen molar-refractivity contribution < 1.29 is 9.59 Å². The molecule has 0 bridgehead atoms. The van der Waals surface area contributed by atoms with Gasteiger partial charge < -0.3 is 5.32 Å². The molecule has 0 saturated carbocycles. The van der Waals surface area contributed by atoms with Crippen LogP contribution in [-0.2, 0) is 9.59 Å². The number of nitrogens with zero attached hydrogens (tertiary/aromatic N) is 1. The Morgan fingerprint density at radius 3 is 3.00 bits per heavy atom. The van der Waals surface area contributed by atoms with Gasteiger partial charge in [0.1, 0.15) is 6.04 Å². The first-order valence-electron chi connectivity index (χ1n) is 3.22. The Hall–Kier alpha value is -1.57. The molecule has 0 spiro atoms. The van der Waals surface area contributed by atoms with Crippen molar-refractivity contribution in [3.05, 3.63) is 0 Å². The van der Waals surface area contributed by atoms with Crippen molar-refractivity contribution in [1.29, 1.82) is 5.26 Å². The van der Waals surface area contributed by atoms with Crippen LogP contribution in [0.4, 0.5) is 0 Å². The van der Waals surface area contributed by atoms with Crippen LogP contribution in [-0.4, -0.2) is 17.9 Å². The Morgan fingerprint density at radius 2 is 2.55 bits per heavy atom. The number of carbonyl (C=O) groups excluding carboxylic acids is 2. The average Bonchev–Trinajstić information content (AvgIpc) is 2.36. The zero-order chi connectivity index (χ0) is 8.27. The molecule has 1 aliphatic rings. The molecule has 2 N–H and O–H groups in total. The van der Waals surface area contributed by atoms with Gasteiger partial charge in [-0.3, -0.25) is 14.9 Å². The van der Waals surface area contributed by atoms with Crippen LogP contribution < -0.4 is 10.6 Å². The maximum Gasteiger partial charge on any atom is 0.255 e. The molecule has 0 unspecified atom stereocenters. The first kappa shape index (κ1) is 7.54. The Labute approximate surface area is 63.4 Å². The second kappa shape index (κ2) is 3.01. The van der Waals surface area contributed by atoms with Crippen molar-refractivity contribution in [2.24, 2.45) is 0 Å². The second-order valence-electron chi connectivity index (χ2n) is 2.26. The van der Waals surface area contributed by atoms with E-state index >= 15 is 0 Å². The molecule has 1 atom stereocenters. The molecule has 1 rings (SSSR count). The highest BCUT2D eigenvalue weighted by Gasteiger charge is 2.26. The molecule has 11 heavy (non-hydrogen) atoms. The van der Waals surface area contributed by atoms with E-state index in [0.29, 0.717) is 12.8 Å². The van der Waals surface area contributed by atoms with Gasteiger partial charge in [-0.15, -0.1) is 0 Å². The van der Waals surface area contributed by atoms with E-state index in [-0.39, 0.29) is 5.91 Å². The van der Waals surface area contributed by atoms with Crippen LogP contribution in [0, 0.1) is 11.5 Å². The quantitative estimate of drug-likeness (QED) is 0.369. The summed E-state index contributed by atoms with van der Waals surface area (Å²) in [6.45, 7) is 0. The fourth-order valence-corrected chi connectivity index (χ4v) is 0.953. The van der Waals surface area contributed by atoms with Gasteiger partial charge in [-0.25, -0.2) is 0 Å². The predicted octanol–water partition coefficient (Wildman–Crippen LogP) is -1.14. The monoisotopic (exact) mass is 153 g/mol. The molecule has 0 aromatic rings. The number of rotatable bonds is 1. The summed E-state index contributed by atoms with van der Waals surface area (Å²) in [6.07, 6.45) is 2.35. The van der Waals surface area contributed by atoms with Crippen molar-refractivity contribution in [3.8, 4) is 6.19 Å². The summed E-state index contributed by atoms with van der Waals surface area (Å²) in [5.74, 6) is -0.568. The molecule has 58 valence electrons. The van der Waals surface area contributed by atoms with Crippen LogP contribution in [0.2, 0.25) is 0 Å². The van der Waals surface area contributed by atoms with Crippen LogP contribution in [0.5, 0.6) is 0 Å². The predicted molar refractivity (Wildman–Crippen MR) is 34.9 cm³/mol. The number of carbonyl (C=O) groups is 2. The molecule has 0 aliphatic carbocycles. The Morgan fingerprint density at radius 1 is 1.82 bits per heavy atom. The summed E-state index contributed by atoms with van der Waals surface area (Å²) in [4.78, 5) is 21.4. The number of nitrogens with one attached hydrogen (secondary N) is 2. The van der Waals surface area contributed by atoms with Gasteiger partial charge in [0.25, 0.3) is 5.91 Å². The third kappa shape index (κ3) is 1.67. The summed E-state index contributed by atoms with van der Waals surface area (Å²) in [5, 5.41) is 12.5. The van der Waals surface area contributed by atoms with E-state index in [4.69, 9.17) is 5.26 Å². The standard InChI is InChI=1S/C6H7N3O2/c7-3-8-6(11)4-1-2-5(10)9-4/h4H,1-2H2,(H,8,11)(H,9,10)/t4-/m0/s1. The molecule has 5 heteroatoms. The van der Waals surface area contributed by atoms with Crippen LogP contribution >= 0.6 is 0 Å². The van der Waals surface area contributed by atoms with Gasteiger partial charge in [-0.05, 0) is 6.42 Å². The lowest BCUT2D eigenvalue weighted by Crippen LogP contribution is -2.39. The van der Waals surface area contributed by atoms with E-state index in [1.165, 1.54) is 6.19 Å². The Kier molecular flexibility index (Phi) is 2.06. The maximum absolute atomic E-state index is 10.8. The Bertz CT molecular complexity index is 230. The molecule has 5 nitrogen and oxygen atoms in total. The molecule has 0 aromatic carbocycles. The van der Waals surface area contributed by atoms with Crippen molar-refractivity contribution in [2.75, 3.05) is 0 Å². The topological polar surface area (TPSA) is 82.0 Å². The van der Waals surface area contributed by atoms with E-state index in [9.17, 15) is 9.59 Å². The number of nitriles is 1. The van der Waals surface area contributed by atoms with Gasteiger partial charge >= 0.3 is 0 Å². The van der Waals surface area contributed by atoms with Crippen molar-refractivity contribution >= 4 is 11.8 Å². The lowest BCUT2D eigenvalue weighted by Gasteiger charge is -2.04. The molecule has 1 aliphatic heterocycles. The van der Waals surface area contributed by atoms with Crippen molar-refractivity contribution in [1.82, 2.24) is 10.6 Å². The third-order valence-electron chi connectivity index (χ3n) is 1.49. The fourth-order valence-electron chi connectivity index (χ4n) is 0.953. The minimum absolute atomic E-state index is 0.136. The first-order chi connectivity index (χ1) is 5.24. The van der Waals surface area contributed by atoms with Gasteiger partial charge in [0.15, 0.2) is 6.19 Å². The minimum atomic E-state index is -0.512. The molecule has 1 heterocycles. The number of hydrogen-bond acceptors (Lipinski definition) is 3. The molecule has 2 amide bonds. The van der Waals surface area contributed by atoms with E-state index in [0.717, 1.165) is 0 Å². The van der Waals surface area contributed by atoms with Crippen LogP contribution in [0.15, 0.2) is 0 Å². The zero-order valence-corrected chi connectivity index (χ0v) is 5.76. The van der Waals surface area contributed by atoms with E-state index in [1.807, 2.05) is 5.32 Å². The maximum atomic E-state index is 10.8. The molecule has 0 aromatic heterocycles. The molecule has 1 fully saturated rings. The lowest BCUT2D eigenvalue weighted by molar-refractivity contribution is -0.125. The normalized spacial score (nSPS) is 22.1. The number of hydrogen-bond donors (Lipinski definition) is 2. The summed E-state index contributed by atoms with van der Waals surface area (Å²) < 4.78 is 0. The molecular weight excluding hydrogens is 146 g/mol. The molecule has 1 saturated heterocycles. The van der Waals surface area contributed by atoms with Crippen LogP contribution in [0.25, 0.3) is 0 Å². The van der Waals surface area contributed by atoms with Gasteiger partial charge in [0.05, 0.1) is 0 Å². The highest BCUT2D eigenvalue weighted by molar-refractivity contribution is 5.91. The summed E-state index contributed by atoms with van der Waals surface area (Å²) in [7, 11) is 0. The average molecular weight is 153 g/mol. The summed E-state index contributed by atoms with van der Waals surface area (Å²) >= 11 is 0. The second-order valence-corrected chi connectivity index (χ2v) is 2.26. The van der Waals surface area contributed by atoms with E-state index in [1.54, 1.807) is 0 Å². The zero-order valence-electron chi connectivity index (χ0n) is 5.76. The van der Waals surface area contributed by atoms with Crippen LogP contribution in [0.1, 0.15) is 12.8 Å². The van der Waals surface area contributed by atoms with Crippen molar-refractivity contribution in [3.63, 3.8) is 0 Å². The molecule has 0 radical (unpaired) electrons. The summed E-state index contributed by atoms with van der Waals surface area (Å²) in [6, 6.07) is -0.512. The number of amides is 2. The van der Waals surface area contributed by atoms with Gasteiger partial charge in [0.2, 0.25) is 5.91 Å². The highest BCUT2D eigenvalue weighted by atomic mass is 16.2. The van der Waals surface area contributed by atoms with Crippen LogP contribution in [0.3, 0.4) is 0 Å². The Balaban J connectivity index is 2.44. The highest BCUT2D eigenvalue weighted by Crippen LogP contribution is 2.05. The SMILES string of the molecule is N#CNC(=O)[C@@H]1CCC(=O)N1.